The van der Waals surface area contributed by atoms with Crippen LogP contribution in [-0.2, 0) is 0 Å². The van der Waals surface area contributed by atoms with Crippen molar-refractivity contribution in [1.29, 1.82) is 10.5 Å². The van der Waals surface area contributed by atoms with E-state index in [-0.39, 0.29) is 11.4 Å². The summed E-state index contributed by atoms with van der Waals surface area (Å²) >= 11 is 7.96. The Morgan fingerprint density at radius 3 is 2.47 bits per heavy atom. The van der Waals surface area contributed by atoms with Gasteiger partial charge in [-0.15, -0.1) is 0 Å². The maximum absolute atomic E-state index is 8.64. The first kappa shape index (κ1) is 13.4. The van der Waals surface area contributed by atoms with Crippen LogP contribution in [-0.4, -0.2) is 0 Å². The number of nitrogens with two attached hydrogens (primary N) is 2. The van der Waals surface area contributed by atoms with Gasteiger partial charge in [-0.1, -0.05) is 11.6 Å². The third-order valence-corrected chi connectivity index (χ3v) is 2.79. The molecule has 1 aromatic carbocycles. The van der Waals surface area contributed by atoms with Crippen LogP contribution in [0.4, 0.5) is 11.4 Å². The van der Waals surface area contributed by atoms with Crippen molar-refractivity contribution in [2.45, 2.75) is 0 Å². The topological polar surface area (TPSA) is 112 Å². The summed E-state index contributed by atoms with van der Waals surface area (Å²) in [6.07, 6.45) is 0. The number of allylic oxidation sites excluding steroid dienone is 1. The Morgan fingerprint density at radius 1 is 1.35 bits per heavy atom. The van der Waals surface area contributed by atoms with E-state index in [2.05, 4.69) is 27.9 Å². The van der Waals surface area contributed by atoms with E-state index in [9.17, 15) is 0 Å². The fraction of sp³-hybridized carbons (Fsp3) is 0. The third kappa shape index (κ3) is 3.16. The maximum Gasteiger partial charge on any atom is 0.169 e. The van der Waals surface area contributed by atoms with Crippen LogP contribution in [0, 0.1) is 26.2 Å². The number of hydrogen-bond acceptors (Lipinski definition) is 5. The maximum atomic E-state index is 8.64. The first-order chi connectivity index (χ1) is 7.99. The van der Waals surface area contributed by atoms with E-state index in [1.807, 2.05) is 0 Å². The smallest absolute Gasteiger partial charge is 0.169 e. The van der Waals surface area contributed by atoms with Crippen LogP contribution < -0.4 is 16.8 Å². The molecule has 0 saturated heterocycles. The van der Waals surface area contributed by atoms with Crippen LogP contribution in [0.3, 0.4) is 0 Å². The highest BCUT2D eigenvalue weighted by Crippen LogP contribution is 2.30. The predicted molar refractivity (Wildman–Crippen MR) is 74.6 cm³/mol. The molecule has 1 aromatic rings. The van der Waals surface area contributed by atoms with Gasteiger partial charge < -0.3 is 16.8 Å². The summed E-state index contributed by atoms with van der Waals surface area (Å²) in [6.45, 7) is 0. The van der Waals surface area contributed by atoms with Crippen LogP contribution >= 0.6 is 34.2 Å². The Labute approximate surface area is 117 Å². The second kappa shape index (κ2) is 5.62. The summed E-state index contributed by atoms with van der Waals surface area (Å²) < 4.78 is 0.854. The number of nitrogen functional groups attached to an aromatic ring is 1. The zero-order chi connectivity index (χ0) is 13.0. The highest BCUT2D eigenvalue weighted by atomic mass is 127. The van der Waals surface area contributed by atoms with Gasteiger partial charge in [-0.05, 0) is 34.7 Å². The normalized spacial score (nSPS) is 8.94. The molecule has 0 saturated carbocycles. The number of nitriles is 2. The summed E-state index contributed by atoms with van der Waals surface area (Å²) in [7, 11) is 0. The fourth-order valence-electron chi connectivity index (χ4n) is 1.04. The van der Waals surface area contributed by atoms with Crippen LogP contribution in [0.1, 0.15) is 0 Å². The van der Waals surface area contributed by atoms with Gasteiger partial charge in [-0.25, -0.2) is 0 Å². The van der Waals surface area contributed by atoms with Crippen LogP contribution in [0.15, 0.2) is 23.5 Å². The molecule has 0 aromatic heterocycles. The van der Waals surface area contributed by atoms with Crippen molar-refractivity contribution in [1.82, 2.24) is 0 Å². The molecule has 86 valence electrons. The second-order valence-electron chi connectivity index (χ2n) is 2.99. The molecule has 0 atom stereocenters. The molecule has 0 heterocycles. The molecule has 5 N–H and O–H groups in total. The number of nitrogens with zero attached hydrogens (tertiary/aromatic N) is 2. The third-order valence-electron chi connectivity index (χ3n) is 1.86. The zero-order valence-corrected chi connectivity index (χ0v) is 11.4. The van der Waals surface area contributed by atoms with E-state index in [1.54, 1.807) is 24.3 Å². The molecule has 7 heteroatoms. The molecule has 0 radical (unpaired) electrons. The van der Waals surface area contributed by atoms with Crippen molar-refractivity contribution >= 4 is 45.6 Å². The number of rotatable bonds is 2. The molecule has 0 bridgehead atoms. The van der Waals surface area contributed by atoms with Gasteiger partial charge in [-0.2, -0.15) is 10.5 Å². The molecule has 0 spiro atoms. The summed E-state index contributed by atoms with van der Waals surface area (Å²) in [6, 6.07) is 6.75. The van der Waals surface area contributed by atoms with Gasteiger partial charge in [0.1, 0.15) is 18.0 Å². The standard InChI is InChI=1S/C10H7ClIN5/c11-7-1-6(12)2-8(9(7)15)17-10(16)5(3-13)4-14/h1-2,17H,15-16H2. The minimum absolute atomic E-state index is 0.0558. The lowest BCUT2D eigenvalue weighted by Crippen LogP contribution is -2.13. The summed E-state index contributed by atoms with van der Waals surface area (Å²) in [5, 5.41) is 20.4. The number of benzene rings is 1. The first-order valence-corrected chi connectivity index (χ1v) is 5.76. The van der Waals surface area contributed by atoms with E-state index in [0.29, 0.717) is 16.4 Å². The van der Waals surface area contributed by atoms with Gasteiger partial charge >= 0.3 is 0 Å². The molecule has 0 fully saturated rings. The van der Waals surface area contributed by atoms with E-state index in [4.69, 9.17) is 33.6 Å². The molecule has 5 nitrogen and oxygen atoms in total. The average molecular weight is 360 g/mol. The zero-order valence-electron chi connectivity index (χ0n) is 8.46. The highest BCUT2D eigenvalue weighted by Gasteiger charge is 2.08. The van der Waals surface area contributed by atoms with Crippen LogP contribution in [0.2, 0.25) is 5.02 Å². The van der Waals surface area contributed by atoms with E-state index in [1.165, 1.54) is 0 Å². The van der Waals surface area contributed by atoms with Crippen molar-refractivity contribution in [2.24, 2.45) is 5.73 Å². The minimum Gasteiger partial charge on any atom is -0.396 e. The Morgan fingerprint density at radius 2 is 1.94 bits per heavy atom. The molecule has 0 aliphatic heterocycles. The highest BCUT2D eigenvalue weighted by molar-refractivity contribution is 14.1. The first-order valence-electron chi connectivity index (χ1n) is 4.31. The predicted octanol–water partition coefficient (Wildman–Crippen LogP) is 2.16. The van der Waals surface area contributed by atoms with Gasteiger partial charge in [0.15, 0.2) is 5.57 Å². The quantitative estimate of drug-likeness (QED) is 0.425. The van der Waals surface area contributed by atoms with Crippen LogP contribution in [0.25, 0.3) is 0 Å². The fourth-order valence-corrected chi connectivity index (χ4v) is 2.07. The SMILES string of the molecule is N#CC(C#N)=C(N)Nc1cc(I)cc(Cl)c1N. The van der Waals surface area contributed by atoms with E-state index in [0.717, 1.165) is 3.57 Å². The lowest BCUT2D eigenvalue weighted by atomic mass is 10.2. The Bertz CT molecular complexity index is 551. The van der Waals surface area contributed by atoms with Crippen molar-refractivity contribution in [3.63, 3.8) is 0 Å². The van der Waals surface area contributed by atoms with Gasteiger partial charge in [0.25, 0.3) is 0 Å². The lowest BCUT2D eigenvalue weighted by molar-refractivity contribution is 1.27. The number of anilines is 2. The Hall–Kier alpha value is -1.64. The Balaban J connectivity index is 3.19. The second-order valence-corrected chi connectivity index (χ2v) is 4.64. The molecule has 0 aliphatic carbocycles. The molecular weight excluding hydrogens is 353 g/mol. The number of nitrogens with one attached hydrogen (secondary N) is 1. The van der Waals surface area contributed by atoms with Gasteiger partial charge in [0.2, 0.25) is 0 Å². The van der Waals surface area contributed by atoms with Crippen molar-refractivity contribution in [3.8, 4) is 12.1 Å². The largest absolute Gasteiger partial charge is 0.396 e. The Kier molecular flexibility index (Phi) is 4.44. The van der Waals surface area contributed by atoms with Crippen molar-refractivity contribution in [3.05, 3.63) is 32.1 Å². The molecular formula is C10H7ClIN5. The van der Waals surface area contributed by atoms with Crippen LogP contribution in [0.5, 0.6) is 0 Å². The number of halogens is 2. The summed E-state index contributed by atoms with van der Waals surface area (Å²) in [4.78, 5) is 0. The van der Waals surface area contributed by atoms with Crippen molar-refractivity contribution < 1.29 is 0 Å². The van der Waals surface area contributed by atoms with Gasteiger partial charge in [0.05, 0.1) is 16.4 Å². The van der Waals surface area contributed by atoms with Gasteiger partial charge in [-0.3, -0.25) is 0 Å². The van der Waals surface area contributed by atoms with E-state index < -0.39 is 0 Å². The summed E-state index contributed by atoms with van der Waals surface area (Å²) in [5.74, 6) is -0.0558. The minimum atomic E-state index is -0.209. The van der Waals surface area contributed by atoms with Gasteiger partial charge in [0, 0.05) is 3.57 Å². The molecule has 1 rings (SSSR count). The molecule has 0 amide bonds. The molecule has 17 heavy (non-hydrogen) atoms. The van der Waals surface area contributed by atoms with Crippen molar-refractivity contribution in [2.75, 3.05) is 11.1 Å². The lowest BCUT2D eigenvalue weighted by Gasteiger charge is -2.11. The molecule has 0 unspecified atom stereocenters. The summed E-state index contributed by atoms with van der Waals surface area (Å²) in [5.41, 5.74) is 11.9. The average Bonchev–Trinajstić information content (AvgIpc) is 2.27. The number of hydrogen-bond donors (Lipinski definition) is 3. The van der Waals surface area contributed by atoms with E-state index >= 15 is 0 Å². The molecule has 0 aliphatic rings. The monoisotopic (exact) mass is 359 g/mol.